The van der Waals surface area contributed by atoms with Crippen LogP contribution >= 0.6 is 22.9 Å². The maximum atomic E-state index is 12.6. The largest absolute Gasteiger partial charge is 0.441 e. The molecule has 27 heavy (non-hydrogen) atoms. The first-order chi connectivity index (χ1) is 13.2. The van der Waals surface area contributed by atoms with Crippen molar-refractivity contribution in [2.24, 2.45) is 0 Å². The molecule has 4 rings (SSSR count). The number of aromatic nitrogens is 2. The Morgan fingerprint density at radius 3 is 3.04 bits per heavy atom. The summed E-state index contributed by atoms with van der Waals surface area (Å²) in [4.78, 5) is 23.3. The highest BCUT2D eigenvalue weighted by molar-refractivity contribution is 7.09. The molecule has 1 atom stereocenters. The fourth-order valence-corrected chi connectivity index (χ4v) is 4.42. The van der Waals surface area contributed by atoms with Crippen molar-refractivity contribution in [1.82, 2.24) is 14.9 Å². The number of nitrogens with zero attached hydrogens (tertiary/aromatic N) is 3. The van der Waals surface area contributed by atoms with E-state index in [0.29, 0.717) is 35.4 Å². The van der Waals surface area contributed by atoms with Crippen molar-refractivity contribution in [3.63, 3.8) is 0 Å². The summed E-state index contributed by atoms with van der Waals surface area (Å²) in [5.41, 5.74) is 0.812. The number of benzene rings is 1. The lowest BCUT2D eigenvalue weighted by atomic mass is 9.98. The van der Waals surface area contributed by atoms with E-state index in [1.54, 1.807) is 17.5 Å². The van der Waals surface area contributed by atoms with Gasteiger partial charge in [0.15, 0.2) is 11.7 Å². The SMILES string of the molecule is O=C(CCc1ncc(-c2ccccc2Cl)o1)N1CCCC(c2nccs2)C1. The van der Waals surface area contributed by atoms with Crippen molar-refractivity contribution in [3.05, 3.63) is 58.0 Å². The molecule has 0 spiro atoms. The minimum absolute atomic E-state index is 0.147. The second kappa shape index (κ2) is 8.23. The van der Waals surface area contributed by atoms with Crippen LogP contribution in [0.1, 0.15) is 36.1 Å². The van der Waals surface area contributed by atoms with Gasteiger partial charge in [-0.05, 0) is 25.0 Å². The third kappa shape index (κ3) is 4.22. The number of likely N-dealkylation sites (tertiary alicyclic amines) is 1. The lowest BCUT2D eigenvalue weighted by molar-refractivity contribution is -0.132. The fraction of sp³-hybridized carbons (Fsp3) is 0.350. The first-order valence-corrected chi connectivity index (χ1v) is 10.3. The Morgan fingerprint density at radius 2 is 2.22 bits per heavy atom. The number of halogens is 1. The third-order valence-corrected chi connectivity index (χ3v) is 6.09. The van der Waals surface area contributed by atoms with Gasteiger partial charge in [-0.15, -0.1) is 11.3 Å². The lowest BCUT2D eigenvalue weighted by Crippen LogP contribution is -2.39. The second-order valence-electron chi connectivity index (χ2n) is 6.65. The molecule has 0 aliphatic carbocycles. The number of carbonyl (C=O) groups is 1. The molecule has 140 valence electrons. The molecule has 5 nitrogen and oxygen atoms in total. The molecule has 1 fully saturated rings. The van der Waals surface area contributed by atoms with E-state index < -0.39 is 0 Å². The number of thiazole rings is 1. The van der Waals surface area contributed by atoms with Crippen molar-refractivity contribution in [3.8, 4) is 11.3 Å². The zero-order valence-corrected chi connectivity index (χ0v) is 16.4. The van der Waals surface area contributed by atoms with Gasteiger partial charge in [-0.3, -0.25) is 4.79 Å². The predicted molar refractivity (Wildman–Crippen MR) is 106 cm³/mol. The average molecular weight is 402 g/mol. The van der Waals surface area contributed by atoms with Crippen LogP contribution < -0.4 is 0 Å². The van der Waals surface area contributed by atoms with Gasteiger partial charge in [-0.1, -0.05) is 23.7 Å². The molecule has 3 heterocycles. The quantitative estimate of drug-likeness (QED) is 0.616. The van der Waals surface area contributed by atoms with Gasteiger partial charge in [0.05, 0.1) is 16.2 Å². The van der Waals surface area contributed by atoms with Gasteiger partial charge in [0, 0.05) is 49.0 Å². The number of carbonyl (C=O) groups excluding carboxylic acids is 1. The summed E-state index contributed by atoms with van der Waals surface area (Å²) in [6, 6.07) is 7.49. The first-order valence-electron chi connectivity index (χ1n) is 9.07. The van der Waals surface area contributed by atoms with E-state index in [-0.39, 0.29) is 5.91 Å². The summed E-state index contributed by atoms with van der Waals surface area (Å²) in [5, 5.41) is 3.75. The highest BCUT2D eigenvalue weighted by atomic mass is 35.5. The van der Waals surface area contributed by atoms with E-state index in [0.717, 1.165) is 36.5 Å². The Hall–Kier alpha value is -2.18. The summed E-state index contributed by atoms with van der Waals surface area (Å²) >= 11 is 7.87. The van der Waals surface area contributed by atoms with Crippen LogP contribution in [0, 0.1) is 0 Å². The zero-order chi connectivity index (χ0) is 18.6. The van der Waals surface area contributed by atoms with Gasteiger partial charge in [-0.2, -0.15) is 0 Å². The Labute approximate surface area is 167 Å². The van der Waals surface area contributed by atoms with Crippen LogP contribution in [0.4, 0.5) is 0 Å². The molecule has 1 aromatic carbocycles. The van der Waals surface area contributed by atoms with Crippen LogP contribution in [0.25, 0.3) is 11.3 Å². The van der Waals surface area contributed by atoms with E-state index in [9.17, 15) is 4.79 Å². The maximum absolute atomic E-state index is 12.6. The number of oxazole rings is 1. The van der Waals surface area contributed by atoms with Gasteiger partial charge >= 0.3 is 0 Å². The average Bonchev–Trinajstić information content (AvgIpc) is 3.39. The molecule has 1 aliphatic heterocycles. The summed E-state index contributed by atoms with van der Waals surface area (Å²) in [7, 11) is 0. The molecule has 7 heteroatoms. The third-order valence-electron chi connectivity index (χ3n) is 4.82. The van der Waals surface area contributed by atoms with Crippen LogP contribution in [0.5, 0.6) is 0 Å². The van der Waals surface area contributed by atoms with Crippen LogP contribution in [-0.2, 0) is 11.2 Å². The van der Waals surface area contributed by atoms with E-state index in [1.165, 1.54) is 0 Å². The Bertz CT molecular complexity index is 910. The number of piperidine rings is 1. The predicted octanol–water partition coefficient (Wildman–Crippen LogP) is 4.79. The molecule has 1 unspecified atom stereocenters. The molecule has 0 bridgehead atoms. The molecule has 1 aliphatic rings. The highest BCUT2D eigenvalue weighted by Gasteiger charge is 2.26. The van der Waals surface area contributed by atoms with Crippen molar-refractivity contribution in [1.29, 1.82) is 0 Å². The smallest absolute Gasteiger partial charge is 0.223 e. The van der Waals surface area contributed by atoms with E-state index >= 15 is 0 Å². The van der Waals surface area contributed by atoms with Crippen LogP contribution in [0.3, 0.4) is 0 Å². The van der Waals surface area contributed by atoms with Crippen molar-refractivity contribution in [2.75, 3.05) is 13.1 Å². The molecule has 0 N–H and O–H groups in total. The van der Waals surface area contributed by atoms with Gasteiger partial charge in [0.2, 0.25) is 5.91 Å². The normalized spacial score (nSPS) is 17.2. The molecule has 0 radical (unpaired) electrons. The highest BCUT2D eigenvalue weighted by Crippen LogP contribution is 2.30. The molecule has 0 saturated carbocycles. The van der Waals surface area contributed by atoms with Crippen molar-refractivity contribution in [2.45, 2.75) is 31.6 Å². The van der Waals surface area contributed by atoms with E-state index in [4.69, 9.17) is 16.0 Å². The summed E-state index contributed by atoms with van der Waals surface area (Å²) in [6.07, 6.45) is 6.50. The monoisotopic (exact) mass is 401 g/mol. The molecule has 1 amide bonds. The Kier molecular flexibility index (Phi) is 5.55. The maximum Gasteiger partial charge on any atom is 0.223 e. The second-order valence-corrected chi connectivity index (χ2v) is 7.98. The van der Waals surface area contributed by atoms with Gasteiger partial charge in [0.25, 0.3) is 0 Å². The molecule has 3 aromatic rings. The van der Waals surface area contributed by atoms with E-state index in [2.05, 4.69) is 9.97 Å². The topological polar surface area (TPSA) is 59.2 Å². The molecular formula is C20H20ClN3O2S. The minimum atomic E-state index is 0.147. The van der Waals surface area contributed by atoms with Crippen molar-refractivity contribution < 1.29 is 9.21 Å². The van der Waals surface area contributed by atoms with Crippen molar-refractivity contribution >= 4 is 28.8 Å². The fourth-order valence-electron chi connectivity index (χ4n) is 3.42. The molecule has 2 aromatic heterocycles. The number of rotatable bonds is 5. The van der Waals surface area contributed by atoms with Gasteiger partial charge in [-0.25, -0.2) is 9.97 Å². The van der Waals surface area contributed by atoms with Crippen LogP contribution in [0.15, 0.2) is 46.5 Å². The minimum Gasteiger partial charge on any atom is -0.441 e. The molecular weight excluding hydrogens is 382 g/mol. The lowest BCUT2D eigenvalue weighted by Gasteiger charge is -2.31. The Balaban J connectivity index is 1.35. The zero-order valence-electron chi connectivity index (χ0n) is 14.8. The standard InChI is InChI=1S/C20H20ClN3O2S/c21-16-6-2-1-5-15(16)17-12-23-18(26-17)7-8-19(25)24-10-3-4-14(13-24)20-22-9-11-27-20/h1-2,5-6,9,11-12,14H,3-4,7-8,10,13H2. The Morgan fingerprint density at radius 1 is 1.33 bits per heavy atom. The summed E-state index contributed by atoms with van der Waals surface area (Å²) in [6.45, 7) is 1.57. The van der Waals surface area contributed by atoms with E-state index in [1.807, 2.05) is 40.7 Å². The summed E-state index contributed by atoms with van der Waals surface area (Å²) < 4.78 is 5.79. The van der Waals surface area contributed by atoms with Crippen LogP contribution in [0.2, 0.25) is 5.02 Å². The first kappa shape index (κ1) is 18.2. The molecule has 1 saturated heterocycles. The number of hydrogen-bond acceptors (Lipinski definition) is 5. The van der Waals surface area contributed by atoms with Gasteiger partial charge < -0.3 is 9.32 Å². The summed E-state index contributed by atoms with van der Waals surface area (Å²) in [5.74, 6) is 1.70. The van der Waals surface area contributed by atoms with Crippen LogP contribution in [-0.4, -0.2) is 33.9 Å². The van der Waals surface area contributed by atoms with Gasteiger partial charge in [0.1, 0.15) is 0 Å². The number of hydrogen-bond donors (Lipinski definition) is 0. The number of aryl methyl sites for hydroxylation is 1. The number of amides is 1.